The first-order valence-electron chi connectivity index (χ1n) is 6.98. The van der Waals surface area contributed by atoms with Crippen molar-refractivity contribution in [3.05, 3.63) is 81.3 Å². The number of ketones is 1. The second-order valence-corrected chi connectivity index (χ2v) is 6.01. The summed E-state index contributed by atoms with van der Waals surface area (Å²) in [6.07, 6.45) is 1.52. The van der Waals surface area contributed by atoms with Gasteiger partial charge in [-0.25, -0.2) is 4.39 Å². The van der Waals surface area contributed by atoms with Crippen molar-refractivity contribution in [1.29, 1.82) is 0 Å². The highest BCUT2D eigenvalue weighted by molar-refractivity contribution is 7.93. The lowest BCUT2D eigenvalue weighted by molar-refractivity contribution is -0.284. The molecule has 2 aromatic carbocycles. The van der Waals surface area contributed by atoms with E-state index in [1.165, 1.54) is 24.4 Å². The van der Waals surface area contributed by atoms with Gasteiger partial charge in [-0.05, 0) is 42.8 Å². The zero-order valence-electron chi connectivity index (χ0n) is 12.5. The molecule has 5 nitrogen and oxygen atoms in total. The molecular weight excluding hydrogens is 331 g/mol. The van der Waals surface area contributed by atoms with Crippen LogP contribution < -0.4 is 0 Å². The van der Waals surface area contributed by atoms with Gasteiger partial charge in [0.1, 0.15) is 15.0 Å². The monoisotopic (exact) mass is 342 g/mol. The number of hydrogen-bond donors (Lipinski definition) is 0. The number of carbonyl (C=O) groups is 1. The molecule has 0 fully saturated rings. The van der Waals surface area contributed by atoms with E-state index >= 15 is 0 Å². The summed E-state index contributed by atoms with van der Waals surface area (Å²) in [5.74, 6) is -0.839. The Morgan fingerprint density at radius 3 is 2.67 bits per heavy atom. The van der Waals surface area contributed by atoms with E-state index in [0.29, 0.717) is 34.0 Å². The highest BCUT2D eigenvalue weighted by Crippen LogP contribution is 2.32. The van der Waals surface area contributed by atoms with Crippen LogP contribution in [0.4, 0.5) is 4.39 Å². The second kappa shape index (κ2) is 6.37. The number of benzene rings is 2. The number of rotatable bonds is 4. The first-order chi connectivity index (χ1) is 11.5. The van der Waals surface area contributed by atoms with E-state index in [4.69, 9.17) is 0 Å². The van der Waals surface area contributed by atoms with Crippen molar-refractivity contribution >= 4 is 28.6 Å². The van der Waals surface area contributed by atoms with Crippen molar-refractivity contribution in [2.75, 3.05) is 0 Å². The maximum Gasteiger partial charge on any atom is 0.268 e. The second-order valence-electron chi connectivity index (χ2n) is 5.12. The molecule has 0 radical (unpaired) electrons. The topological polar surface area (TPSA) is 73.1 Å². The average Bonchev–Trinajstić information content (AvgIpc) is 2.54. The van der Waals surface area contributed by atoms with Gasteiger partial charge >= 0.3 is 0 Å². The van der Waals surface area contributed by atoms with Gasteiger partial charge in [-0.1, -0.05) is 12.1 Å². The van der Waals surface area contributed by atoms with Gasteiger partial charge in [-0.3, -0.25) is 19.9 Å². The van der Waals surface area contributed by atoms with Crippen LogP contribution in [-0.4, -0.2) is 15.1 Å². The third kappa shape index (κ3) is 2.98. The summed E-state index contributed by atoms with van der Waals surface area (Å²) < 4.78 is 12.7. The number of nitrogens with zero attached hydrogens (tertiary/aromatic N) is 2. The molecule has 3 aromatic rings. The molecule has 1 heterocycles. The molecule has 0 aliphatic carbocycles. The average molecular weight is 342 g/mol. The van der Waals surface area contributed by atoms with E-state index < -0.39 is 15.9 Å². The largest absolute Gasteiger partial charge is 0.289 e. The highest BCUT2D eigenvalue weighted by Gasteiger charge is 2.23. The molecule has 0 N–H and O–H groups in total. The molecule has 1 aromatic heterocycles. The third-order valence-electron chi connectivity index (χ3n) is 3.57. The molecule has 0 unspecified atom stereocenters. The molecule has 0 amide bonds. The van der Waals surface area contributed by atoms with Crippen molar-refractivity contribution in [2.45, 2.75) is 11.8 Å². The Kier molecular flexibility index (Phi) is 4.26. The fourth-order valence-corrected chi connectivity index (χ4v) is 3.16. The lowest BCUT2D eigenvalue weighted by Gasteiger charge is -2.09. The number of nitro groups is 1. The van der Waals surface area contributed by atoms with Gasteiger partial charge in [0.25, 0.3) is 11.9 Å². The van der Waals surface area contributed by atoms with Crippen molar-refractivity contribution in [1.82, 2.24) is 4.98 Å². The summed E-state index contributed by atoms with van der Waals surface area (Å²) in [6.45, 7) is 1.62. The number of halogens is 1. The van der Waals surface area contributed by atoms with E-state index in [0.717, 1.165) is 0 Å². The molecule has 0 atom stereocenters. The van der Waals surface area contributed by atoms with Crippen molar-refractivity contribution in [2.24, 2.45) is 0 Å². The van der Waals surface area contributed by atoms with Crippen molar-refractivity contribution < 1.29 is 13.5 Å². The molecular formula is C17H11FN2O3S. The van der Waals surface area contributed by atoms with E-state index in [2.05, 4.69) is 4.98 Å². The lowest BCUT2D eigenvalue weighted by Crippen LogP contribution is -2.07. The fraction of sp³-hybridized carbons (Fsp3) is 0.0588. The van der Waals surface area contributed by atoms with Crippen LogP contribution in [0.1, 0.15) is 21.5 Å². The number of fused-ring (bicyclic) bond motifs is 1. The minimum absolute atomic E-state index is 0.178. The number of aromatic nitrogens is 1. The van der Waals surface area contributed by atoms with Gasteiger partial charge in [0.15, 0.2) is 5.78 Å². The van der Waals surface area contributed by atoms with Gasteiger partial charge in [-0.2, -0.15) is 0 Å². The van der Waals surface area contributed by atoms with E-state index in [-0.39, 0.29) is 10.5 Å². The quantitative estimate of drug-likeness (QED) is 0.307. The van der Waals surface area contributed by atoms with Gasteiger partial charge in [-0.15, -0.1) is 0 Å². The maximum absolute atomic E-state index is 13.3. The number of hydrogen-bond acceptors (Lipinski definition) is 5. The molecule has 0 saturated heterocycles. The molecule has 0 saturated carbocycles. The summed E-state index contributed by atoms with van der Waals surface area (Å²) >= 11 is 0.351. The van der Waals surface area contributed by atoms with Crippen LogP contribution >= 0.6 is 11.9 Å². The van der Waals surface area contributed by atoms with Crippen LogP contribution in [0.5, 0.6) is 0 Å². The zero-order chi connectivity index (χ0) is 17.3. The summed E-state index contributed by atoms with van der Waals surface area (Å²) in [6, 6.07) is 10.6. The Hall–Kier alpha value is -2.80. The Bertz CT molecular complexity index is 975. The molecule has 0 aliphatic rings. The number of carbonyl (C=O) groups excluding carboxylic acids is 1. The normalized spacial score (nSPS) is 10.8. The smallest absolute Gasteiger partial charge is 0.268 e. The van der Waals surface area contributed by atoms with Crippen LogP contribution in [0.25, 0.3) is 10.9 Å². The molecule has 0 aliphatic heterocycles. The Morgan fingerprint density at radius 2 is 1.96 bits per heavy atom. The van der Waals surface area contributed by atoms with E-state index in [1.807, 2.05) is 0 Å². The lowest BCUT2D eigenvalue weighted by atomic mass is 9.98. The van der Waals surface area contributed by atoms with Crippen LogP contribution in [0.2, 0.25) is 0 Å². The van der Waals surface area contributed by atoms with Crippen LogP contribution in [-0.2, 0) is 0 Å². The van der Waals surface area contributed by atoms with E-state index in [9.17, 15) is 19.3 Å². The number of aryl methyl sites for hydroxylation is 1. The van der Waals surface area contributed by atoms with Crippen LogP contribution in [0.3, 0.4) is 0 Å². The molecule has 0 spiro atoms. The Morgan fingerprint density at radius 1 is 1.21 bits per heavy atom. The predicted molar refractivity (Wildman–Crippen MR) is 89.2 cm³/mol. The van der Waals surface area contributed by atoms with Gasteiger partial charge in [0, 0.05) is 22.7 Å². The van der Waals surface area contributed by atoms with Gasteiger partial charge in [0.05, 0.1) is 5.52 Å². The van der Waals surface area contributed by atoms with Crippen molar-refractivity contribution in [3.63, 3.8) is 0 Å². The Labute approximate surface area is 140 Å². The van der Waals surface area contributed by atoms with Crippen molar-refractivity contribution in [3.8, 4) is 0 Å². The van der Waals surface area contributed by atoms with Gasteiger partial charge < -0.3 is 0 Å². The molecule has 3 rings (SSSR count). The van der Waals surface area contributed by atoms with Crippen LogP contribution in [0, 0.1) is 22.9 Å². The third-order valence-corrected chi connectivity index (χ3v) is 4.32. The molecule has 7 heteroatoms. The summed E-state index contributed by atoms with van der Waals surface area (Å²) in [5, 5.41) is 11.7. The summed E-state index contributed by atoms with van der Waals surface area (Å²) in [5.41, 5.74) is 1.34. The maximum atomic E-state index is 13.3. The molecule has 120 valence electrons. The Balaban J connectivity index is 2.21. The zero-order valence-corrected chi connectivity index (χ0v) is 13.3. The summed E-state index contributed by atoms with van der Waals surface area (Å²) in [7, 11) is 0. The number of pyridine rings is 1. The molecule has 24 heavy (non-hydrogen) atoms. The fourth-order valence-electron chi connectivity index (χ4n) is 2.49. The van der Waals surface area contributed by atoms with Gasteiger partial charge in [0.2, 0.25) is 0 Å². The standard InChI is InChI=1S/C17H11FN2O3S/c1-10-9-12(18)5-7-13(10)16(21)14-6-4-11-3-2-8-19-15(11)17(14)24-20(22)23/h2-9H,1H3. The molecule has 0 bridgehead atoms. The predicted octanol–water partition coefficient (Wildman–Crippen LogP) is 4.20. The minimum Gasteiger partial charge on any atom is -0.289 e. The SMILES string of the molecule is Cc1cc(F)ccc1C(=O)c1ccc2cccnc2c1S[N+](=O)[O-]. The summed E-state index contributed by atoms with van der Waals surface area (Å²) in [4.78, 5) is 28.2. The highest BCUT2D eigenvalue weighted by atomic mass is 32.2. The first-order valence-corrected chi connectivity index (χ1v) is 7.75. The first kappa shape index (κ1) is 16.1. The minimum atomic E-state index is -0.572. The van der Waals surface area contributed by atoms with E-state index in [1.54, 1.807) is 31.2 Å². The van der Waals surface area contributed by atoms with Crippen LogP contribution in [0.15, 0.2) is 53.6 Å².